The van der Waals surface area contributed by atoms with E-state index in [0.717, 1.165) is 12.3 Å². The van der Waals surface area contributed by atoms with Crippen LogP contribution in [-0.2, 0) is 16.8 Å². The molecule has 1 fully saturated rings. The number of hydrogen-bond acceptors (Lipinski definition) is 4. The number of aliphatic imine (C=N–C) groups is 1. The molecule has 1 saturated heterocycles. The zero-order chi connectivity index (χ0) is 19.7. The molecule has 2 heterocycles. The summed E-state index contributed by atoms with van der Waals surface area (Å²) in [5, 5.41) is 3.27. The highest BCUT2D eigenvalue weighted by Crippen LogP contribution is 2.25. The van der Waals surface area contributed by atoms with Crippen molar-refractivity contribution in [3.8, 4) is 0 Å². The van der Waals surface area contributed by atoms with Crippen molar-refractivity contribution in [1.82, 2.24) is 20.1 Å². The fourth-order valence-electron chi connectivity index (χ4n) is 3.54. The largest absolute Gasteiger partial charge is 0.443 e. The highest BCUT2D eigenvalue weighted by Gasteiger charge is 2.40. The molecule has 0 saturated carbocycles. The van der Waals surface area contributed by atoms with Gasteiger partial charge in [0.25, 0.3) is 0 Å². The summed E-state index contributed by atoms with van der Waals surface area (Å²) < 4.78 is 5.82. The van der Waals surface area contributed by atoms with Crippen molar-refractivity contribution in [3.63, 3.8) is 0 Å². The lowest BCUT2D eigenvalue weighted by Crippen LogP contribution is -2.66. The SMILES string of the molecule is CN=C(NCc1ncc(C(C)(C)C)o1)N1CC(=O)N(C(C)C)C(C)(C)C1.I. The number of oxazole rings is 1. The Kier molecular flexibility index (Phi) is 7.72. The molecule has 0 aliphatic carbocycles. The minimum atomic E-state index is -0.260. The monoisotopic (exact) mass is 491 g/mol. The molecule has 1 amide bonds. The number of hydrogen-bond donors (Lipinski definition) is 1. The standard InChI is InChI=1S/C19H33N5O2.HI/c1-13(2)24-16(25)11-23(12-19(24,6)7)17(20-8)22-10-15-21-9-14(26-15)18(3,4)5;/h9,13H,10-12H2,1-8H3,(H,20,22);1H. The first kappa shape index (κ1) is 23.7. The number of nitrogens with zero attached hydrogens (tertiary/aromatic N) is 4. The minimum Gasteiger partial charge on any atom is -0.443 e. The lowest BCUT2D eigenvalue weighted by Gasteiger charge is -2.49. The van der Waals surface area contributed by atoms with Gasteiger partial charge in [-0.15, -0.1) is 24.0 Å². The molecule has 1 aromatic rings. The Morgan fingerprint density at radius 1 is 1.41 bits per heavy atom. The van der Waals surface area contributed by atoms with E-state index in [2.05, 4.69) is 63.8 Å². The second-order valence-corrected chi connectivity index (χ2v) is 8.80. The molecule has 0 spiro atoms. The number of halogens is 1. The summed E-state index contributed by atoms with van der Waals surface area (Å²) in [4.78, 5) is 25.3. The number of carbonyl (C=O) groups is 1. The van der Waals surface area contributed by atoms with E-state index in [-0.39, 0.29) is 46.9 Å². The zero-order valence-corrected chi connectivity index (χ0v) is 20.1. The number of carbonyl (C=O) groups excluding carboxylic acids is 1. The van der Waals surface area contributed by atoms with Gasteiger partial charge in [0, 0.05) is 25.0 Å². The van der Waals surface area contributed by atoms with Crippen LogP contribution in [0.3, 0.4) is 0 Å². The Hall–Kier alpha value is -1.32. The van der Waals surface area contributed by atoms with Crippen LogP contribution in [0.15, 0.2) is 15.6 Å². The molecule has 1 N–H and O–H groups in total. The van der Waals surface area contributed by atoms with Gasteiger partial charge >= 0.3 is 0 Å². The number of guanidine groups is 1. The fraction of sp³-hybridized carbons (Fsp3) is 0.737. The van der Waals surface area contributed by atoms with Gasteiger partial charge in [0.1, 0.15) is 5.76 Å². The van der Waals surface area contributed by atoms with Crippen LogP contribution < -0.4 is 5.32 Å². The molecule has 0 aromatic carbocycles. The highest BCUT2D eigenvalue weighted by atomic mass is 127. The Morgan fingerprint density at radius 2 is 2.04 bits per heavy atom. The molecule has 1 aliphatic rings. The molecule has 1 aliphatic heterocycles. The normalized spacial score (nSPS) is 18.0. The first-order valence-electron chi connectivity index (χ1n) is 9.18. The van der Waals surface area contributed by atoms with Gasteiger partial charge in [0.05, 0.1) is 24.8 Å². The van der Waals surface area contributed by atoms with Crippen LogP contribution in [-0.4, -0.2) is 58.4 Å². The Balaban J connectivity index is 0.00000364. The molecule has 0 unspecified atom stereocenters. The Bertz CT molecular complexity index is 676. The summed E-state index contributed by atoms with van der Waals surface area (Å²) in [5.41, 5.74) is -0.333. The average Bonchev–Trinajstić information content (AvgIpc) is 2.94. The summed E-state index contributed by atoms with van der Waals surface area (Å²) >= 11 is 0. The third-order valence-corrected chi connectivity index (χ3v) is 4.54. The number of amides is 1. The fourth-order valence-corrected chi connectivity index (χ4v) is 3.54. The summed E-state index contributed by atoms with van der Waals surface area (Å²) in [7, 11) is 1.73. The smallest absolute Gasteiger partial charge is 0.242 e. The maximum Gasteiger partial charge on any atom is 0.242 e. The van der Waals surface area contributed by atoms with Gasteiger partial charge in [0.15, 0.2) is 5.96 Å². The Labute approximate surface area is 180 Å². The van der Waals surface area contributed by atoms with Crippen molar-refractivity contribution in [1.29, 1.82) is 0 Å². The molecule has 8 heteroatoms. The van der Waals surface area contributed by atoms with Crippen molar-refractivity contribution in [3.05, 3.63) is 17.8 Å². The van der Waals surface area contributed by atoms with Gasteiger partial charge in [-0.1, -0.05) is 20.8 Å². The topological polar surface area (TPSA) is 74.0 Å². The summed E-state index contributed by atoms with van der Waals surface area (Å²) in [5.74, 6) is 2.27. The average molecular weight is 491 g/mol. The molecule has 0 radical (unpaired) electrons. The number of rotatable bonds is 3. The lowest BCUT2D eigenvalue weighted by atomic mass is 9.94. The maximum atomic E-state index is 12.6. The van der Waals surface area contributed by atoms with E-state index in [1.165, 1.54) is 0 Å². The third-order valence-electron chi connectivity index (χ3n) is 4.54. The molecule has 0 atom stereocenters. The van der Waals surface area contributed by atoms with E-state index in [9.17, 15) is 4.79 Å². The van der Waals surface area contributed by atoms with E-state index in [1.807, 2.05) is 9.80 Å². The molecule has 154 valence electrons. The quantitative estimate of drug-likeness (QED) is 0.400. The van der Waals surface area contributed by atoms with Crippen LogP contribution in [0, 0.1) is 0 Å². The minimum absolute atomic E-state index is 0. The van der Waals surface area contributed by atoms with Gasteiger partial charge in [0.2, 0.25) is 11.8 Å². The maximum absolute atomic E-state index is 12.6. The first-order chi connectivity index (χ1) is 12.0. The van der Waals surface area contributed by atoms with E-state index < -0.39 is 0 Å². The second kappa shape index (κ2) is 8.79. The van der Waals surface area contributed by atoms with Crippen molar-refractivity contribution < 1.29 is 9.21 Å². The highest BCUT2D eigenvalue weighted by molar-refractivity contribution is 14.0. The first-order valence-corrected chi connectivity index (χ1v) is 9.18. The van der Waals surface area contributed by atoms with Crippen LogP contribution >= 0.6 is 24.0 Å². The van der Waals surface area contributed by atoms with Crippen molar-refractivity contribution >= 4 is 35.8 Å². The van der Waals surface area contributed by atoms with E-state index in [0.29, 0.717) is 24.9 Å². The van der Waals surface area contributed by atoms with Gasteiger partial charge in [-0.25, -0.2) is 4.98 Å². The van der Waals surface area contributed by atoms with E-state index in [4.69, 9.17) is 4.42 Å². The lowest BCUT2D eigenvalue weighted by molar-refractivity contribution is -0.145. The third kappa shape index (κ3) is 5.58. The van der Waals surface area contributed by atoms with Crippen LogP contribution in [0.5, 0.6) is 0 Å². The number of piperazine rings is 1. The van der Waals surface area contributed by atoms with Crippen molar-refractivity contribution in [2.24, 2.45) is 4.99 Å². The summed E-state index contributed by atoms with van der Waals surface area (Å²) in [6.45, 7) is 16.0. The molecular weight excluding hydrogens is 457 g/mol. The molecule has 2 rings (SSSR count). The molecule has 1 aromatic heterocycles. The van der Waals surface area contributed by atoms with Crippen molar-refractivity contribution in [2.75, 3.05) is 20.1 Å². The van der Waals surface area contributed by atoms with Crippen molar-refractivity contribution in [2.45, 2.75) is 72.0 Å². The van der Waals surface area contributed by atoms with Crippen LogP contribution in [0.1, 0.15) is 60.1 Å². The predicted molar refractivity (Wildman–Crippen MR) is 118 cm³/mol. The predicted octanol–water partition coefficient (Wildman–Crippen LogP) is 3.00. The number of aromatic nitrogens is 1. The molecular formula is C19H34IN5O2. The van der Waals surface area contributed by atoms with E-state index in [1.54, 1.807) is 13.2 Å². The van der Waals surface area contributed by atoms with Crippen LogP contribution in [0.4, 0.5) is 0 Å². The van der Waals surface area contributed by atoms with E-state index >= 15 is 0 Å². The van der Waals surface area contributed by atoms with Crippen LogP contribution in [0.2, 0.25) is 0 Å². The zero-order valence-electron chi connectivity index (χ0n) is 17.8. The summed E-state index contributed by atoms with van der Waals surface area (Å²) in [6.07, 6.45) is 1.77. The van der Waals surface area contributed by atoms with Gasteiger partial charge in [-0.2, -0.15) is 0 Å². The van der Waals surface area contributed by atoms with Gasteiger partial charge in [-0.05, 0) is 27.7 Å². The second-order valence-electron chi connectivity index (χ2n) is 8.80. The summed E-state index contributed by atoms with van der Waals surface area (Å²) in [6, 6.07) is 0.178. The van der Waals surface area contributed by atoms with Crippen LogP contribution in [0.25, 0.3) is 0 Å². The van der Waals surface area contributed by atoms with Gasteiger partial charge in [-0.3, -0.25) is 9.79 Å². The number of nitrogens with one attached hydrogen (secondary N) is 1. The molecule has 0 bridgehead atoms. The molecule has 7 nitrogen and oxygen atoms in total. The van der Waals surface area contributed by atoms with Gasteiger partial charge < -0.3 is 19.5 Å². The molecule has 27 heavy (non-hydrogen) atoms. The Morgan fingerprint density at radius 3 is 2.48 bits per heavy atom.